The van der Waals surface area contributed by atoms with Gasteiger partial charge in [0.25, 0.3) is 0 Å². The van der Waals surface area contributed by atoms with Gasteiger partial charge in [-0.25, -0.2) is 0 Å². The number of aliphatic hydroxyl groups excluding tert-OH is 1. The van der Waals surface area contributed by atoms with Gasteiger partial charge in [-0.15, -0.1) is 0 Å². The molecular weight excluding hydrogens is 270 g/mol. The van der Waals surface area contributed by atoms with E-state index >= 15 is 0 Å². The summed E-state index contributed by atoms with van der Waals surface area (Å²) in [4.78, 5) is 4.12. The molecule has 1 heterocycles. The zero-order valence-electron chi connectivity index (χ0n) is 9.19. The van der Waals surface area contributed by atoms with Gasteiger partial charge in [0.05, 0.1) is 0 Å². The van der Waals surface area contributed by atoms with Gasteiger partial charge in [-0.05, 0) is 46.9 Å². The first-order valence-electron chi connectivity index (χ1n) is 5.42. The number of aromatic nitrogens is 1. The van der Waals surface area contributed by atoms with Gasteiger partial charge in [0.15, 0.2) is 0 Å². The number of pyridine rings is 1. The molecule has 0 aliphatic heterocycles. The summed E-state index contributed by atoms with van der Waals surface area (Å²) in [6.07, 6.45) is 5.35. The summed E-state index contributed by atoms with van der Waals surface area (Å²) < 4.78 is 0.959. The lowest BCUT2D eigenvalue weighted by atomic mass is 10.1. The van der Waals surface area contributed by atoms with Gasteiger partial charge < -0.3 is 16.2 Å². The van der Waals surface area contributed by atoms with Crippen LogP contribution in [-0.2, 0) is 0 Å². The fraction of sp³-hybridized carbons (Fsp3) is 0.545. The van der Waals surface area contributed by atoms with Crippen LogP contribution in [0.2, 0.25) is 0 Å². The number of nitrogens with two attached hydrogens (primary N) is 1. The molecule has 0 bridgehead atoms. The fourth-order valence-electron chi connectivity index (χ4n) is 1.47. The highest BCUT2D eigenvalue weighted by Crippen LogP contribution is 2.15. The molecule has 0 saturated heterocycles. The SMILES string of the molecule is NCC(NCCCCO)c1cncc(Br)c1. The number of rotatable bonds is 7. The highest BCUT2D eigenvalue weighted by atomic mass is 79.9. The molecule has 16 heavy (non-hydrogen) atoms. The summed E-state index contributed by atoms with van der Waals surface area (Å²) in [6.45, 7) is 1.64. The van der Waals surface area contributed by atoms with E-state index in [0.717, 1.165) is 29.4 Å². The van der Waals surface area contributed by atoms with E-state index in [1.165, 1.54) is 0 Å². The number of hydrogen-bond acceptors (Lipinski definition) is 4. The standard InChI is InChI=1S/C11H18BrN3O/c12-10-5-9(7-14-8-10)11(6-13)15-3-1-2-4-16/h5,7-8,11,15-16H,1-4,6,13H2. The van der Waals surface area contributed by atoms with Crippen LogP contribution in [0, 0.1) is 0 Å². The second kappa shape index (κ2) is 7.73. The first-order valence-corrected chi connectivity index (χ1v) is 6.22. The fourth-order valence-corrected chi connectivity index (χ4v) is 1.85. The Balaban J connectivity index is 2.47. The third kappa shape index (κ3) is 4.57. The molecule has 4 N–H and O–H groups in total. The molecule has 0 radical (unpaired) electrons. The van der Waals surface area contributed by atoms with E-state index in [9.17, 15) is 0 Å². The number of halogens is 1. The zero-order valence-corrected chi connectivity index (χ0v) is 10.8. The maximum Gasteiger partial charge on any atom is 0.0460 e. The topological polar surface area (TPSA) is 71.2 Å². The molecule has 1 atom stereocenters. The Hall–Kier alpha value is -0.490. The molecule has 1 unspecified atom stereocenters. The van der Waals surface area contributed by atoms with Gasteiger partial charge in [0.1, 0.15) is 0 Å². The first kappa shape index (κ1) is 13.6. The lowest BCUT2D eigenvalue weighted by Crippen LogP contribution is -2.29. The van der Waals surface area contributed by atoms with Gasteiger partial charge >= 0.3 is 0 Å². The molecule has 1 rings (SSSR count). The Morgan fingerprint density at radius 2 is 2.25 bits per heavy atom. The molecule has 4 nitrogen and oxygen atoms in total. The van der Waals surface area contributed by atoms with E-state index in [-0.39, 0.29) is 12.6 Å². The molecular formula is C11H18BrN3O. The molecule has 0 amide bonds. The highest BCUT2D eigenvalue weighted by Gasteiger charge is 2.08. The molecule has 0 fully saturated rings. The van der Waals surface area contributed by atoms with Crippen molar-refractivity contribution in [3.05, 3.63) is 28.5 Å². The third-order valence-corrected chi connectivity index (χ3v) is 2.77. The molecule has 0 aliphatic carbocycles. The largest absolute Gasteiger partial charge is 0.396 e. The monoisotopic (exact) mass is 287 g/mol. The van der Waals surface area contributed by atoms with Crippen LogP contribution < -0.4 is 11.1 Å². The maximum atomic E-state index is 8.67. The summed E-state index contributed by atoms with van der Waals surface area (Å²) in [5.41, 5.74) is 6.80. The normalized spacial score (nSPS) is 12.7. The Morgan fingerprint density at radius 3 is 2.88 bits per heavy atom. The Kier molecular flexibility index (Phi) is 6.56. The van der Waals surface area contributed by atoms with Gasteiger partial charge in [0, 0.05) is 36.1 Å². The highest BCUT2D eigenvalue weighted by molar-refractivity contribution is 9.10. The van der Waals surface area contributed by atoms with Crippen molar-refractivity contribution in [3.63, 3.8) is 0 Å². The number of nitrogens with one attached hydrogen (secondary N) is 1. The summed E-state index contributed by atoms with van der Waals surface area (Å²) >= 11 is 3.39. The molecule has 0 saturated carbocycles. The summed E-state index contributed by atoms with van der Waals surface area (Å²) in [7, 11) is 0. The smallest absolute Gasteiger partial charge is 0.0460 e. The first-order chi connectivity index (χ1) is 7.77. The minimum Gasteiger partial charge on any atom is -0.396 e. The number of aliphatic hydroxyl groups is 1. The molecule has 0 aliphatic rings. The van der Waals surface area contributed by atoms with E-state index in [4.69, 9.17) is 10.8 Å². The average molecular weight is 288 g/mol. The predicted octanol–water partition coefficient (Wildman–Crippen LogP) is 1.21. The Labute approximate surface area is 104 Å². The van der Waals surface area contributed by atoms with Crippen LogP contribution in [0.15, 0.2) is 22.9 Å². The van der Waals surface area contributed by atoms with Crippen LogP contribution >= 0.6 is 15.9 Å². The number of hydrogen-bond donors (Lipinski definition) is 3. The summed E-state index contributed by atoms with van der Waals surface area (Å²) in [5, 5.41) is 12.0. The van der Waals surface area contributed by atoms with Gasteiger partial charge in [0.2, 0.25) is 0 Å². The second-order valence-electron chi connectivity index (χ2n) is 3.61. The van der Waals surface area contributed by atoms with Crippen molar-refractivity contribution in [1.29, 1.82) is 0 Å². The average Bonchev–Trinajstić information content (AvgIpc) is 2.29. The van der Waals surface area contributed by atoms with Crippen molar-refractivity contribution in [1.82, 2.24) is 10.3 Å². The van der Waals surface area contributed by atoms with Crippen molar-refractivity contribution in [2.45, 2.75) is 18.9 Å². The minimum absolute atomic E-state index is 0.128. The van der Waals surface area contributed by atoms with Crippen LogP contribution in [-0.4, -0.2) is 29.8 Å². The lowest BCUT2D eigenvalue weighted by molar-refractivity contribution is 0.282. The Bertz CT molecular complexity index is 309. The molecule has 1 aromatic heterocycles. The number of unbranched alkanes of at least 4 members (excludes halogenated alkanes) is 1. The molecule has 5 heteroatoms. The molecule has 90 valence electrons. The van der Waals surface area contributed by atoms with Gasteiger partial charge in [-0.1, -0.05) is 0 Å². The molecule has 1 aromatic rings. The third-order valence-electron chi connectivity index (χ3n) is 2.34. The van der Waals surface area contributed by atoms with E-state index < -0.39 is 0 Å². The van der Waals surface area contributed by atoms with Crippen molar-refractivity contribution >= 4 is 15.9 Å². The van der Waals surface area contributed by atoms with E-state index in [1.807, 2.05) is 12.3 Å². The van der Waals surface area contributed by atoms with Crippen LogP contribution in [0.5, 0.6) is 0 Å². The van der Waals surface area contributed by atoms with Crippen LogP contribution in [0.3, 0.4) is 0 Å². The van der Waals surface area contributed by atoms with Crippen LogP contribution in [0.4, 0.5) is 0 Å². The summed E-state index contributed by atoms with van der Waals surface area (Å²) in [5.74, 6) is 0. The van der Waals surface area contributed by atoms with Crippen molar-refractivity contribution in [2.24, 2.45) is 5.73 Å². The number of nitrogens with zero attached hydrogens (tertiary/aromatic N) is 1. The van der Waals surface area contributed by atoms with Crippen LogP contribution in [0.25, 0.3) is 0 Å². The quantitative estimate of drug-likeness (QED) is 0.659. The molecule has 0 spiro atoms. The molecule has 0 aromatic carbocycles. The summed E-state index contributed by atoms with van der Waals surface area (Å²) in [6, 6.07) is 2.15. The van der Waals surface area contributed by atoms with Crippen LogP contribution in [0.1, 0.15) is 24.4 Å². The van der Waals surface area contributed by atoms with E-state index in [0.29, 0.717) is 6.54 Å². The lowest BCUT2D eigenvalue weighted by Gasteiger charge is -2.16. The Morgan fingerprint density at radius 1 is 1.44 bits per heavy atom. The van der Waals surface area contributed by atoms with Crippen molar-refractivity contribution < 1.29 is 5.11 Å². The second-order valence-corrected chi connectivity index (χ2v) is 4.53. The van der Waals surface area contributed by atoms with Gasteiger partial charge in [-0.2, -0.15) is 0 Å². The minimum atomic E-state index is 0.128. The van der Waals surface area contributed by atoms with Crippen molar-refractivity contribution in [2.75, 3.05) is 19.7 Å². The van der Waals surface area contributed by atoms with Gasteiger partial charge in [-0.3, -0.25) is 4.98 Å². The van der Waals surface area contributed by atoms with Crippen molar-refractivity contribution in [3.8, 4) is 0 Å². The predicted molar refractivity (Wildman–Crippen MR) is 68.1 cm³/mol. The van der Waals surface area contributed by atoms with E-state index in [2.05, 4.69) is 26.2 Å². The maximum absolute atomic E-state index is 8.67. The van der Waals surface area contributed by atoms with E-state index in [1.54, 1.807) is 6.20 Å². The zero-order chi connectivity index (χ0) is 11.8.